The van der Waals surface area contributed by atoms with Gasteiger partial charge >= 0.3 is 0 Å². The third-order valence-corrected chi connectivity index (χ3v) is 5.62. The minimum absolute atomic E-state index is 0.714. The maximum Gasteiger partial charge on any atom is 0.0245 e. The molecule has 3 heterocycles. The Morgan fingerprint density at radius 1 is 0.889 bits per heavy atom. The zero-order valence-corrected chi connectivity index (χ0v) is 12.2. The Labute approximate surface area is 112 Å². The first kappa shape index (κ1) is 12.9. The van der Waals surface area contributed by atoms with Crippen LogP contribution in [-0.4, -0.2) is 47.2 Å². The van der Waals surface area contributed by atoms with Gasteiger partial charge in [0.05, 0.1) is 0 Å². The maximum absolute atomic E-state index is 3.89. The Hall–Kier alpha value is -0.120. The number of hydrogen-bond acceptors (Lipinski definition) is 3. The lowest BCUT2D eigenvalue weighted by molar-refractivity contribution is 0.00833. The van der Waals surface area contributed by atoms with Crippen molar-refractivity contribution < 1.29 is 0 Å². The fourth-order valence-corrected chi connectivity index (χ4v) is 4.40. The molecule has 3 fully saturated rings. The number of fused-ring (bicyclic) bond motifs is 2. The Kier molecular flexibility index (Phi) is 3.65. The highest BCUT2D eigenvalue weighted by molar-refractivity contribution is 4.96. The van der Waals surface area contributed by atoms with Crippen LogP contribution in [-0.2, 0) is 0 Å². The maximum atomic E-state index is 3.89. The van der Waals surface area contributed by atoms with Gasteiger partial charge in [0.1, 0.15) is 0 Å². The van der Waals surface area contributed by atoms with Gasteiger partial charge < -0.3 is 4.90 Å². The number of hydrogen-bond donors (Lipinski definition) is 1. The molecule has 0 saturated carbocycles. The molecule has 3 rings (SSSR count). The van der Waals surface area contributed by atoms with Crippen molar-refractivity contribution >= 4 is 0 Å². The molecular weight excluding hydrogens is 222 g/mol. The molecule has 0 spiro atoms. The Bertz CT molecular complexity index is 269. The number of nitrogens with zero attached hydrogens (tertiary/aromatic N) is 2. The summed E-state index contributed by atoms with van der Waals surface area (Å²) in [5.74, 6) is 0. The van der Waals surface area contributed by atoms with Crippen LogP contribution >= 0.6 is 0 Å². The predicted octanol–water partition coefficient (Wildman–Crippen LogP) is 2.38. The van der Waals surface area contributed by atoms with Crippen molar-refractivity contribution in [3.05, 3.63) is 0 Å². The highest BCUT2D eigenvalue weighted by atomic mass is 15.5. The molecule has 0 aliphatic carbocycles. The van der Waals surface area contributed by atoms with Crippen LogP contribution in [0.2, 0.25) is 0 Å². The molecule has 4 unspecified atom stereocenters. The lowest BCUT2D eigenvalue weighted by Gasteiger charge is -2.44. The van der Waals surface area contributed by atoms with Gasteiger partial charge in [0, 0.05) is 30.2 Å². The summed E-state index contributed by atoms with van der Waals surface area (Å²) in [6, 6.07) is 3.84. The Balaban J connectivity index is 1.60. The number of nitrogens with one attached hydrogen (secondary N) is 1. The van der Waals surface area contributed by atoms with Gasteiger partial charge in [0.25, 0.3) is 0 Å². The molecule has 18 heavy (non-hydrogen) atoms. The molecule has 3 aliphatic rings. The molecule has 4 atom stereocenters. The fourth-order valence-electron chi connectivity index (χ4n) is 4.40. The van der Waals surface area contributed by atoms with E-state index >= 15 is 0 Å². The molecule has 0 amide bonds. The second-order valence-electron chi connectivity index (χ2n) is 6.88. The van der Waals surface area contributed by atoms with Crippen LogP contribution in [0.4, 0.5) is 0 Å². The quantitative estimate of drug-likeness (QED) is 0.813. The summed E-state index contributed by atoms with van der Waals surface area (Å²) in [5.41, 5.74) is 3.89. The molecule has 3 aliphatic heterocycles. The van der Waals surface area contributed by atoms with Gasteiger partial charge in [-0.1, -0.05) is 6.42 Å². The zero-order valence-electron chi connectivity index (χ0n) is 12.2. The molecular formula is C15H29N3. The van der Waals surface area contributed by atoms with Crippen molar-refractivity contribution in [2.75, 3.05) is 7.05 Å². The van der Waals surface area contributed by atoms with Crippen LogP contribution in [0, 0.1) is 0 Å². The second-order valence-corrected chi connectivity index (χ2v) is 6.88. The molecule has 0 aromatic carbocycles. The van der Waals surface area contributed by atoms with E-state index in [0.29, 0.717) is 12.1 Å². The van der Waals surface area contributed by atoms with Crippen molar-refractivity contribution in [1.29, 1.82) is 0 Å². The number of rotatable bonds is 2. The van der Waals surface area contributed by atoms with E-state index in [1.807, 2.05) is 0 Å². The summed E-state index contributed by atoms with van der Waals surface area (Å²) in [6.07, 6.45) is 9.66. The first-order valence-electron chi connectivity index (χ1n) is 7.91. The molecule has 3 nitrogen and oxygen atoms in total. The van der Waals surface area contributed by atoms with Gasteiger partial charge in [-0.2, -0.15) is 0 Å². The van der Waals surface area contributed by atoms with Gasteiger partial charge in [0.15, 0.2) is 0 Å². The van der Waals surface area contributed by atoms with E-state index < -0.39 is 0 Å². The van der Waals surface area contributed by atoms with E-state index in [1.54, 1.807) is 0 Å². The molecule has 3 heteroatoms. The van der Waals surface area contributed by atoms with Crippen molar-refractivity contribution in [2.45, 2.75) is 89.0 Å². The predicted molar refractivity (Wildman–Crippen MR) is 75.3 cm³/mol. The van der Waals surface area contributed by atoms with Crippen molar-refractivity contribution in [1.82, 2.24) is 15.3 Å². The van der Waals surface area contributed by atoms with Crippen LogP contribution in [0.5, 0.6) is 0 Å². The first-order valence-corrected chi connectivity index (χ1v) is 7.91. The Morgan fingerprint density at radius 2 is 1.44 bits per heavy atom. The molecule has 0 aromatic heterocycles. The molecule has 0 radical (unpaired) electrons. The highest BCUT2D eigenvalue weighted by Gasteiger charge is 2.39. The Morgan fingerprint density at radius 3 is 2.00 bits per heavy atom. The molecule has 1 N–H and O–H groups in total. The summed E-state index contributed by atoms with van der Waals surface area (Å²) in [6.45, 7) is 4.76. The normalized spacial score (nSPS) is 46.5. The van der Waals surface area contributed by atoms with Gasteiger partial charge in [-0.3, -0.25) is 5.43 Å². The summed E-state index contributed by atoms with van der Waals surface area (Å²) >= 11 is 0. The third-order valence-electron chi connectivity index (χ3n) is 5.62. The lowest BCUT2D eigenvalue weighted by Crippen LogP contribution is -2.58. The third kappa shape index (κ3) is 2.33. The second kappa shape index (κ2) is 5.10. The minimum Gasteiger partial charge on any atom is -0.300 e. The van der Waals surface area contributed by atoms with E-state index in [1.165, 1.54) is 44.9 Å². The molecule has 3 saturated heterocycles. The fraction of sp³-hybridized carbons (Fsp3) is 1.00. The van der Waals surface area contributed by atoms with E-state index in [4.69, 9.17) is 0 Å². The van der Waals surface area contributed by atoms with Gasteiger partial charge in [-0.25, -0.2) is 5.01 Å². The highest BCUT2D eigenvalue weighted by Crippen LogP contribution is 2.34. The van der Waals surface area contributed by atoms with Gasteiger partial charge in [0.2, 0.25) is 0 Å². The number of hydrazine groups is 1. The van der Waals surface area contributed by atoms with E-state index in [-0.39, 0.29) is 0 Å². The van der Waals surface area contributed by atoms with Gasteiger partial charge in [-0.05, 0) is 59.4 Å². The topological polar surface area (TPSA) is 18.5 Å². The first-order chi connectivity index (χ1) is 8.65. The van der Waals surface area contributed by atoms with Crippen LogP contribution in [0.1, 0.15) is 58.8 Å². The molecule has 2 bridgehead atoms. The monoisotopic (exact) mass is 251 g/mol. The van der Waals surface area contributed by atoms with E-state index in [2.05, 4.69) is 36.2 Å². The van der Waals surface area contributed by atoms with E-state index in [0.717, 1.165) is 18.1 Å². The zero-order chi connectivity index (χ0) is 12.7. The number of piperidine rings is 2. The SMILES string of the molecule is CC1CCCC(C)N1NC1CC2CCC(C1)N2C. The molecule has 0 aromatic rings. The average Bonchev–Trinajstić information content (AvgIpc) is 2.58. The van der Waals surface area contributed by atoms with Crippen LogP contribution in [0.25, 0.3) is 0 Å². The van der Waals surface area contributed by atoms with Crippen LogP contribution < -0.4 is 5.43 Å². The van der Waals surface area contributed by atoms with Crippen LogP contribution in [0.3, 0.4) is 0 Å². The van der Waals surface area contributed by atoms with Gasteiger partial charge in [-0.15, -0.1) is 0 Å². The largest absolute Gasteiger partial charge is 0.300 e. The summed E-state index contributed by atoms with van der Waals surface area (Å²) in [7, 11) is 2.32. The summed E-state index contributed by atoms with van der Waals surface area (Å²) in [4.78, 5) is 2.63. The molecule has 104 valence electrons. The smallest absolute Gasteiger partial charge is 0.0245 e. The minimum atomic E-state index is 0.714. The lowest BCUT2D eigenvalue weighted by atomic mass is 9.97. The standard InChI is InChI=1S/C15H29N3/c1-11-5-4-6-12(2)18(11)16-13-9-14-7-8-15(10-13)17(14)3/h11-16H,4-10H2,1-3H3. The average molecular weight is 251 g/mol. The van der Waals surface area contributed by atoms with E-state index in [9.17, 15) is 0 Å². The van der Waals surface area contributed by atoms with Crippen LogP contribution in [0.15, 0.2) is 0 Å². The van der Waals surface area contributed by atoms with Crippen molar-refractivity contribution in [3.63, 3.8) is 0 Å². The summed E-state index contributed by atoms with van der Waals surface area (Å²) in [5, 5.41) is 2.57. The van der Waals surface area contributed by atoms with Crippen molar-refractivity contribution in [3.8, 4) is 0 Å². The van der Waals surface area contributed by atoms with Crippen molar-refractivity contribution in [2.24, 2.45) is 0 Å². The summed E-state index contributed by atoms with van der Waals surface area (Å²) < 4.78 is 0.